The number of aliphatic hydroxyl groups excluding tert-OH is 1. The van der Waals surface area contributed by atoms with E-state index in [-0.39, 0.29) is 18.1 Å². The minimum absolute atomic E-state index is 0.0894. The molecule has 0 aliphatic heterocycles. The van der Waals surface area contributed by atoms with Gasteiger partial charge in [-0.2, -0.15) is 0 Å². The lowest BCUT2D eigenvalue weighted by atomic mass is 9.90. The molecule has 0 bridgehead atoms. The Balaban J connectivity index is 1.75. The fraction of sp³-hybridized carbons (Fsp3) is 0.632. The molecule has 1 aromatic carbocycles. The Bertz CT molecular complexity index is 507. The third-order valence-electron chi connectivity index (χ3n) is 4.85. The molecule has 1 aromatic rings. The molecule has 0 aromatic heterocycles. The van der Waals surface area contributed by atoms with Gasteiger partial charge in [-0.1, -0.05) is 30.3 Å². The summed E-state index contributed by atoms with van der Waals surface area (Å²) in [4.78, 5) is 14.4. The number of hydrogen-bond donors (Lipinski definition) is 3. The summed E-state index contributed by atoms with van der Waals surface area (Å²) in [6, 6.07) is 10.1. The van der Waals surface area contributed by atoms with Gasteiger partial charge in [0.2, 0.25) is 0 Å². The molecule has 4 unspecified atom stereocenters. The highest BCUT2D eigenvalue weighted by atomic mass is 16.3. The molecule has 0 radical (unpaired) electrons. The quantitative estimate of drug-likeness (QED) is 0.750. The molecular formula is C19H31N3O2. The van der Waals surface area contributed by atoms with E-state index in [1.807, 2.05) is 37.3 Å². The summed E-state index contributed by atoms with van der Waals surface area (Å²) >= 11 is 0. The topological polar surface area (TPSA) is 64.6 Å². The Kier molecular flexibility index (Phi) is 7.06. The van der Waals surface area contributed by atoms with Crippen LogP contribution in [0.4, 0.5) is 4.79 Å². The average Bonchev–Trinajstić information content (AvgIpc) is 2.55. The number of urea groups is 1. The zero-order valence-electron chi connectivity index (χ0n) is 15.0. The summed E-state index contributed by atoms with van der Waals surface area (Å²) in [6.45, 7) is 1.93. The summed E-state index contributed by atoms with van der Waals surface area (Å²) in [5, 5.41) is 16.3. The van der Waals surface area contributed by atoms with Crippen LogP contribution < -0.4 is 10.6 Å². The second-order valence-corrected chi connectivity index (χ2v) is 7.16. The first kappa shape index (κ1) is 18.7. The summed E-state index contributed by atoms with van der Waals surface area (Å²) in [7, 11) is 4.19. The molecule has 5 nitrogen and oxygen atoms in total. The summed E-state index contributed by atoms with van der Waals surface area (Å²) in [5.74, 6) is 0. The normalized spacial score (nSPS) is 23.5. The van der Waals surface area contributed by atoms with Gasteiger partial charge in [0.05, 0.1) is 6.10 Å². The zero-order valence-corrected chi connectivity index (χ0v) is 15.0. The van der Waals surface area contributed by atoms with Crippen molar-refractivity contribution in [1.82, 2.24) is 15.5 Å². The SMILES string of the molecule is CC(CC(O)c1ccccc1)NC(=O)NC1CCCC(N(C)C)C1. The number of nitrogens with one attached hydrogen (secondary N) is 2. The minimum Gasteiger partial charge on any atom is -0.388 e. The third kappa shape index (κ3) is 5.80. The van der Waals surface area contributed by atoms with Crippen molar-refractivity contribution in [3.05, 3.63) is 35.9 Å². The van der Waals surface area contributed by atoms with E-state index in [2.05, 4.69) is 29.6 Å². The molecule has 1 aliphatic carbocycles. The Morgan fingerprint density at radius 1 is 1.29 bits per heavy atom. The molecule has 1 saturated carbocycles. The smallest absolute Gasteiger partial charge is 0.315 e. The number of hydrogen-bond acceptors (Lipinski definition) is 3. The molecule has 4 atom stereocenters. The Labute approximate surface area is 145 Å². The minimum atomic E-state index is -0.561. The molecule has 24 heavy (non-hydrogen) atoms. The Morgan fingerprint density at radius 3 is 2.67 bits per heavy atom. The maximum atomic E-state index is 12.2. The second kappa shape index (κ2) is 9.04. The van der Waals surface area contributed by atoms with Crippen LogP contribution in [0.15, 0.2) is 30.3 Å². The predicted octanol–water partition coefficient (Wildman–Crippen LogP) is 2.67. The largest absolute Gasteiger partial charge is 0.388 e. The number of carbonyl (C=O) groups excluding carboxylic acids is 1. The first-order chi connectivity index (χ1) is 11.5. The number of benzene rings is 1. The van der Waals surface area contributed by atoms with Gasteiger partial charge in [-0.25, -0.2) is 4.79 Å². The number of carbonyl (C=O) groups is 1. The molecule has 0 heterocycles. The zero-order chi connectivity index (χ0) is 17.5. The monoisotopic (exact) mass is 333 g/mol. The second-order valence-electron chi connectivity index (χ2n) is 7.16. The first-order valence-electron chi connectivity index (χ1n) is 8.92. The van der Waals surface area contributed by atoms with Gasteiger partial charge in [0.15, 0.2) is 0 Å². The Hall–Kier alpha value is -1.59. The number of nitrogens with zero attached hydrogens (tertiary/aromatic N) is 1. The van der Waals surface area contributed by atoms with Crippen LogP contribution in [0.25, 0.3) is 0 Å². The summed E-state index contributed by atoms with van der Waals surface area (Å²) < 4.78 is 0. The van der Waals surface area contributed by atoms with Gasteiger partial charge in [-0.05, 0) is 58.7 Å². The van der Waals surface area contributed by atoms with E-state index in [9.17, 15) is 9.90 Å². The number of amides is 2. The molecule has 134 valence electrons. The predicted molar refractivity (Wildman–Crippen MR) is 96.9 cm³/mol. The summed E-state index contributed by atoms with van der Waals surface area (Å²) in [6.07, 6.45) is 4.33. The first-order valence-corrected chi connectivity index (χ1v) is 8.92. The maximum Gasteiger partial charge on any atom is 0.315 e. The van der Waals surface area contributed by atoms with E-state index in [0.717, 1.165) is 24.8 Å². The van der Waals surface area contributed by atoms with Gasteiger partial charge < -0.3 is 20.6 Å². The van der Waals surface area contributed by atoms with E-state index in [1.165, 1.54) is 6.42 Å². The van der Waals surface area contributed by atoms with Crippen LogP contribution in [-0.4, -0.2) is 48.3 Å². The average molecular weight is 333 g/mol. The van der Waals surface area contributed by atoms with Crippen molar-refractivity contribution in [2.75, 3.05) is 14.1 Å². The van der Waals surface area contributed by atoms with Crippen molar-refractivity contribution in [1.29, 1.82) is 0 Å². The van der Waals surface area contributed by atoms with Crippen molar-refractivity contribution < 1.29 is 9.90 Å². The highest BCUT2D eigenvalue weighted by Crippen LogP contribution is 2.22. The van der Waals surface area contributed by atoms with Gasteiger partial charge in [0, 0.05) is 18.1 Å². The number of aliphatic hydroxyl groups is 1. The van der Waals surface area contributed by atoms with Crippen LogP contribution in [0.5, 0.6) is 0 Å². The van der Waals surface area contributed by atoms with E-state index >= 15 is 0 Å². The highest BCUT2D eigenvalue weighted by Gasteiger charge is 2.25. The van der Waals surface area contributed by atoms with Crippen molar-refractivity contribution in [2.45, 2.75) is 63.3 Å². The molecule has 3 N–H and O–H groups in total. The van der Waals surface area contributed by atoms with Crippen molar-refractivity contribution in [3.63, 3.8) is 0 Å². The Morgan fingerprint density at radius 2 is 2.00 bits per heavy atom. The van der Waals surface area contributed by atoms with Gasteiger partial charge in [-0.3, -0.25) is 0 Å². The number of rotatable bonds is 6. The van der Waals surface area contributed by atoms with Gasteiger partial charge in [-0.15, -0.1) is 0 Å². The van der Waals surface area contributed by atoms with Crippen LogP contribution in [0.2, 0.25) is 0 Å². The lowest BCUT2D eigenvalue weighted by molar-refractivity contribution is 0.153. The molecule has 0 saturated heterocycles. The molecule has 1 aliphatic rings. The molecule has 2 rings (SSSR count). The molecular weight excluding hydrogens is 302 g/mol. The van der Waals surface area contributed by atoms with Crippen LogP contribution >= 0.6 is 0 Å². The van der Waals surface area contributed by atoms with Crippen molar-refractivity contribution in [3.8, 4) is 0 Å². The van der Waals surface area contributed by atoms with E-state index < -0.39 is 6.10 Å². The van der Waals surface area contributed by atoms with Crippen LogP contribution in [-0.2, 0) is 0 Å². The molecule has 2 amide bonds. The lowest BCUT2D eigenvalue weighted by Gasteiger charge is -2.34. The standard InChI is InChI=1S/C19H31N3O2/c1-14(12-18(23)15-8-5-4-6-9-15)20-19(24)21-16-10-7-11-17(13-16)22(2)3/h4-6,8-9,14,16-18,23H,7,10-13H2,1-3H3,(H2,20,21,24). The fourth-order valence-electron chi connectivity index (χ4n) is 3.42. The van der Waals surface area contributed by atoms with Crippen LogP contribution in [0.3, 0.4) is 0 Å². The third-order valence-corrected chi connectivity index (χ3v) is 4.85. The van der Waals surface area contributed by atoms with Crippen molar-refractivity contribution in [2.24, 2.45) is 0 Å². The maximum absolute atomic E-state index is 12.2. The van der Waals surface area contributed by atoms with Crippen LogP contribution in [0, 0.1) is 0 Å². The molecule has 5 heteroatoms. The van der Waals surface area contributed by atoms with E-state index in [0.29, 0.717) is 12.5 Å². The van der Waals surface area contributed by atoms with Crippen LogP contribution in [0.1, 0.15) is 50.7 Å². The highest BCUT2D eigenvalue weighted by molar-refractivity contribution is 5.74. The van der Waals surface area contributed by atoms with Gasteiger partial charge in [0.25, 0.3) is 0 Å². The van der Waals surface area contributed by atoms with E-state index in [1.54, 1.807) is 0 Å². The lowest BCUT2D eigenvalue weighted by Crippen LogP contribution is -2.49. The van der Waals surface area contributed by atoms with Gasteiger partial charge >= 0.3 is 6.03 Å². The molecule has 0 spiro atoms. The fourth-order valence-corrected chi connectivity index (χ4v) is 3.42. The van der Waals surface area contributed by atoms with Crippen molar-refractivity contribution >= 4 is 6.03 Å². The van der Waals surface area contributed by atoms with Gasteiger partial charge in [0.1, 0.15) is 0 Å². The molecule has 1 fully saturated rings. The summed E-state index contributed by atoms with van der Waals surface area (Å²) in [5.41, 5.74) is 0.882. The van der Waals surface area contributed by atoms with E-state index in [4.69, 9.17) is 0 Å².